The van der Waals surface area contributed by atoms with Gasteiger partial charge in [0.05, 0.1) is 26.4 Å². The monoisotopic (exact) mass is 893 g/mol. The van der Waals surface area contributed by atoms with E-state index >= 15 is 0 Å². The number of carbonyl (C=O) groups excluding carboxylic acids is 1. The van der Waals surface area contributed by atoms with E-state index in [0.29, 0.717) is 13.0 Å². The van der Waals surface area contributed by atoms with Crippen LogP contribution in [-0.2, 0) is 33.2 Å². The van der Waals surface area contributed by atoms with Crippen LogP contribution in [0.4, 0.5) is 0 Å². The summed E-state index contributed by atoms with van der Waals surface area (Å²) in [6.07, 6.45) is 28.1. The predicted molar refractivity (Wildman–Crippen MR) is 242 cm³/mol. The zero-order valence-corrected chi connectivity index (χ0v) is 37.8. The molecule has 2 aliphatic heterocycles. The molecule has 2 fully saturated rings. The van der Waals surface area contributed by atoms with Crippen LogP contribution >= 0.6 is 0 Å². The van der Waals surface area contributed by atoms with Gasteiger partial charge in [-0.05, 0) is 70.6 Å². The van der Waals surface area contributed by atoms with Crippen LogP contribution in [0, 0.1) is 0 Å². The fourth-order valence-corrected chi connectivity index (χ4v) is 6.66. The lowest BCUT2D eigenvalue weighted by Gasteiger charge is -2.42. The lowest BCUT2D eigenvalue weighted by atomic mass is 9.98. The SMILES string of the molecule is CC/C=C\C/C=C\C/C=C\C/C=C\CCC(=O)OC(COCCCCCCCC/C=C\C/C=C\C/C=C\CC)COC1OC(COC2OC(CO)C(O)C(O)C2O)C(O)C(O)C1O. The van der Waals surface area contributed by atoms with Crippen LogP contribution < -0.4 is 0 Å². The van der Waals surface area contributed by atoms with Crippen molar-refractivity contribution in [1.29, 1.82) is 0 Å². The van der Waals surface area contributed by atoms with Gasteiger partial charge in [0.1, 0.15) is 54.9 Å². The first-order chi connectivity index (χ1) is 30.6. The van der Waals surface area contributed by atoms with Gasteiger partial charge in [-0.25, -0.2) is 0 Å². The minimum atomic E-state index is -1.72. The van der Waals surface area contributed by atoms with E-state index in [9.17, 15) is 40.5 Å². The topological polar surface area (TPSA) is 214 Å². The molecular weight excluding hydrogens is 813 g/mol. The van der Waals surface area contributed by atoms with E-state index in [1.165, 1.54) is 6.42 Å². The highest BCUT2D eigenvalue weighted by Gasteiger charge is 2.47. The summed E-state index contributed by atoms with van der Waals surface area (Å²) < 4.78 is 34.0. The molecule has 63 heavy (non-hydrogen) atoms. The average Bonchev–Trinajstić information content (AvgIpc) is 3.28. The molecule has 14 nitrogen and oxygen atoms in total. The third-order valence-electron chi connectivity index (χ3n) is 10.4. The van der Waals surface area contributed by atoms with Crippen molar-refractivity contribution in [1.82, 2.24) is 0 Å². The molecule has 11 unspecified atom stereocenters. The molecule has 0 aliphatic carbocycles. The second-order valence-electron chi connectivity index (χ2n) is 15.8. The first kappa shape index (κ1) is 56.3. The first-order valence-electron chi connectivity index (χ1n) is 23.2. The van der Waals surface area contributed by atoms with Gasteiger partial charge in [-0.1, -0.05) is 125 Å². The quantitative estimate of drug-likeness (QED) is 0.0234. The van der Waals surface area contributed by atoms with Crippen LogP contribution in [-0.4, -0.2) is 142 Å². The fourth-order valence-electron chi connectivity index (χ4n) is 6.66. The molecule has 14 heteroatoms. The Morgan fingerprint density at radius 2 is 0.984 bits per heavy atom. The van der Waals surface area contributed by atoms with Gasteiger partial charge in [-0.3, -0.25) is 4.79 Å². The summed E-state index contributed by atoms with van der Waals surface area (Å²) in [6.45, 7) is 3.29. The Kier molecular flexibility index (Phi) is 32.5. The molecule has 0 spiro atoms. The Balaban J connectivity index is 1.84. The fraction of sp³-hybridized carbons (Fsp3) is 0.694. The molecule has 2 saturated heterocycles. The molecule has 0 aromatic heterocycles. The Bertz CT molecular complexity index is 1360. The molecule has 7 N–H and O–H groups in total. The molecule has 0 aromatic carbocycles. The molecule has 11 atom stereocenters. The van der Waals surface area contributed by atoms with Gasteiger partial charge >= 0.3 is 5.97 Å². The van der Waals surface area contributed by atoms with Crippen LogP contribution in [0.5, 0.6) is 0 Å². The lowest BCUT2D eigenvalue weighted by molar-refractivity contribution is -0.332. The number of esters is 1. The number of unbranched alkanes of at least 4 members (excludes halogenated alkanes) is 6. The molecule has 0 aromatic rings. The van der Waals surface area contributed by atoms with Crippen molar-refractivity contribution in [3.8, 4) is 0 Å². The number of hydrogen-bond donors (Lipinski definition) is 7. The number of aliphatic hydroxyl groups excluding tert-OH is 7. The average molecular weight is 893 g/mol. The summed E-state index contributed by atoms with van der Waals surface area (Å²) in [4.78, 5) is 12.9. The van der Waals surface area contributed by atoms with Gasteiger partial charge in [0, 0.05) is 13.0 Å². The normalized spacial score (nSPS) is 27.8. The number of hydrogen-bond acceptors (Lipinski definition) is 14. The van der Waals surface area contributed by atoms with Gasteiger partial charge in [-0.2, -0.15) is 0 Å². The van der Waals surface area contributed by atoms with Crippen LogP contribution in [0.15, 0.2) is 85.1 Å². The van der Waals surface area contributed by atoms with Gasteiger partial charge in [0.15, 0.2) is 12.6 Å². The van der Waals surface area contributed by atoms with E-state index in [2.05, 4.69) is 86.8 Å². The van der Waals surface area contributed by atoms with Crippen molar-refractivity contribution >= 4 is 5.97 Å². The highest BCUT2D eigenvalue weighted by Crippen LogP contribution is 2.26. The molecule has 360 valence electrons. The number of ether oxygens (including phenoxy) is 6. The van der Waals surface area contributed by atoms with Crippen molar-refractivity contribution < 1.29 is 69.0 Å². The summed E-state index contributed by atoms with van der Waals surface area (Å²) in [5.41, 5.74) is 0. The number of carbonyl (C=O) groups is 1. The largest absolute Gasteiger partial charge is 0.457 e. The zero-order valence-electron chi connectivity index (χ0n) is 37.8. The van der Waals surface area contributed by atoms with Crippen molar-refractivity contribution in [2.75, 3.05) is 33.0 Å². The van der Waals surface area contributed by atoms with E-state index in [1.54, 1.807) is 0 Å². The lowest BCUT2D eigenvalue weighted by Crippen LogP contribution is -2.61. The first-order valence-corrected chi connectivity index (χ1v) is 23.2. The van der Waals surface area contributed by atoms with E-state index < -0.39 is 86.7 Å². The molecule has 2 aliphatic rings. The van der Waals surface area contributed by atoms with Crippen LogP contribution in [0.25, 0.3) is 0 Å². The minimum Gasteiger partial charge on any atom is -0.457 e. The molecular formula is C49H80O14. The molecule has 2 heterocycles. The molecule has 0 radical (unpaired) electrons. The van der Waals surface area contributed by atoms with Crippen molar-refractivity contribution in [3.05, 3.63) is 85.1 Å². The maximum Gasteiger partial charge on any atom is 0.306 e. The maximum atomic E-state index is 12.9. The number of rotatable bonds is 34. The standard InChI is InChI=1S/C49H80O14/c1-3-5-7-9-11-13-15-17-18-19-21-23-25-27-29-31-33-58-35-38(61-41(51)32-30-28-26-24-22-20-16-14-12-10-8-6-4-2)36-59-48-47(57)45(55)43(53)40(63-48)37-60-49-46(56)44(54)42(52)39(34-50)62-49/h5-8,11-14,17-18,20,22,26,28,38-40,42-50,52-57H,3-4,9-10,15-16,19,21,23-25,27,29-37H2,1-2H3/b7-5-,8-6-,13-11-,14-12-,18-17-,22-20-,28-26-. The molecule has 0 saturated carbocycles. The van der Waals surface area contributed by atoms with E-state index in [1.807, 2.05) is 12.2 Å². The Morgan fingerprint density at radius 1 is 0.524 bits per heavy atom. The second kappa shape index (κ2) is 36.4. The predicted octanol–water partition coefficient (Wildman–Crippen LogP) is 5.73. The van der Waals surface area contributed by atoms with Crippen LogP contribution in [0.3, 0.4) is 0 Å². The van der Waals surface area contributed by atoms with Gasteiger partial charge < -0.3 is 64.2 Å². The number of aliphatic hydroxyl groups is 7. The van der Waals surface area contributed by atoms with Gasteiger partial charge in [-0.15, -0.1) is 0 Å². The van der Waals surface area contributed by atoms with Crippen molar-refractivity contribution in [3.63, 3.8) is 0 Å². The number of allylic oxidation sites excluding steroid dienone is 14. The molecule has 2 rings (SSSR count). The smallest absolute Gasteiger partial charge is 0.306 e. The summed E-state index contributed by atoms with van der Waals surface area (Å²) in [5, 5.41) is 71.9. The van der Waals surface area contributed by atoms with Crippen molar-refractivity contribution in [2.45, 2.75) is 184 Å². The zero-order chi connectivity index (χ0) is 45.9. The van der Waals surface area contributed by atoms with E-state index in [-0.39, 0.29) is 19.6 Å². The van der Waals surface area contributed by atoms with Crippen LogP contribution in [0.2, 0.25) is 0 Å². The third-order valence-corrected chi connectivity index (χ3v) is 10.4. The summed E-state index contributed by atoms with van der Waals surface area (Å²) >= 11 is 0. The van der Waals surface area contributed by atoms with Gasteiger partial charge in [0.25, 0.3) is 0 Å². The Hall–Kier alpha value is -2.83. The van der Waals surface area contributed by atoms with Crippen LogP contribution in [0.1, 0.15) is 117 Å². The Morgan fingerprint density at radius 3 is 1.54 bits per heavy atom. The molecule has 0 bridgehead atoms. The second-order valence-corrected chi connectivity index (χ2v) is 15.8. The van der Waals surface area contributed by atoms with E-state index in [0.717, 1.165) is 83.5 Å². The minimum absolute atomic E-state index is 0.0182. The summed E-state index contributed by atoms with van der Waals surface area (Å²) in [5.74, 6) is -0.466. The summed E-state index contributed by atoms with van der Waals surface area (Å²) in [7, 11) is 0. The Labute approximate surface area is 376 Å². The summed E-state index contributed by atoms with van der Waals surface area (Å²) in [6, 6.07) is 0. The highest BCUT2D eigenvalue weighted by atomic mass is 16.7. The van der Waals surface area contributed by atoms with Crippen molar-refractivity contribution in [2.24, 2.45) is 0 Å². The van der Waals surface area contributed by atoms with Gasteiger partial charge in [0.2, 0.25) is 0 Å². The van der Waals surface area contributed by atoms with E-state index in [4.69, 9.17) is 28.4 Å². The highest BCUT2D eigenvalue weighted by molar-refractivity contribution is 5.69. The third kappa shape index (κ3) is 24.9. The maximum absolute atomic E-state index is 12.9. The molecule has 0 amide bonds.